The zero-order valence-electron chi connectivity index (χ0n) is 12.3. The van der Waals surface area contributed by atoms with E-state index in [2.05, 4.69) is 5.32 Å². The highest BCUT2D eigenvalue weighted by molar-refractivity contribution is 6.06. The second-order valence-electron chi connectivity index (χ2n) is 5.57. The molecule has 20 heavy (non-hydrogen) atoms. The molecule has 0 radical (unpaired) electrons. The maximum absolute atomic E-state index is 12.4. The minimum absolute atomic E-state index is 0.0299. The Morgan fingerprint density at radius 3 is 2.10 bits per heavy atom. The van der Waals surface area contributed by atoms with Crippen molar-refractivity contribution >= 4 is 11.9 Å². The maximum atomic E-state index is 12.4. The lowest BCUT2D eigenvalue weighted by Gasteiger charge is -2.26. The summed E-state index contributed by atoms with van der Waals surface area (Å²) >= 11 is 0. The first-order chi connectivity index (χ1) is 9.19. The number of rotatable bonds is 5. The van der Waals surface area contributed by atoms with Crippen LogP contribution in [0.3, 0.4) is 0 Å². The van der Waals surface area contributed by atoms with E-state index >= 15 is 0 Å². The fourth-order valence-corrected chi connectivity index (χ4v) is 2.09. The molecule has 0 aromatic heterocycles. The van der Waals surface area contributed by atoms with Crippen LogP contribution < -0.4 is 5.32 Å². The van der Waals surface area contributed by atoms with Crippen molar-refractivity contribution in [1.29, 1.82) is 0 Å². The SMILES string of the molecule is Cc1ccc(C)c(C(=O)NC(C)(C)CCO)c1C(=O)O. The zero-order chi connectivity index (χ0) is 15.5. The topological polar surface area (TPSA) is 86.6 Å². The van der Waals surface area contributed by atoms with Gasteiger partial charge in [-0.2, -0.15) is 0 Å². The van der Waals surface area contributed by atoms with Crippen LogP contribution in [0.5, 0.6) is 0 Å². The highest BCUT2D eigenvalue weighted by Crippen LogP contribution is 2.20. The van der Waals surface area contributed by atoms with Crippen LogP contribution >= 0.6 is 0 Å². The molecule has 110 valence electrons. The first kappa shape index (κ1) is 16.2. The number of aryl methyl sites for hydroxylation is 2. The third-order valence-corrected chi connectivity index (χ3v) is 3.25. The average Bonchev–Trinajstić information content (AvgIpc) is 2.30. The number of aliphatic hydroxyl groups is 1. The monoisotopic (exact) mass is 279 g/mol. The molecular formula is C15H21NO4. The van der Waals surface area contributed by atoms with Crippen molar-refractivity contribution in [2.75, 3.05) is 6.61 Å². The Balaban J connectivity index is 3.22. The molecule has 0 aliphatic rings. The molecule has 0 fully saturated rings. The number of amides is 1. The van der Waals surface area contributed by atoms with Crippen molar-refractivity contribution in [3.63, 3.8) is 0 Å². The van der Waals surface area contributed by atoms with Gasteiger partial charge in [-0.3, -0.25) is 4.79 Å². The number of carbonyl (C=O) groups is 2. The quantitative estimate of drug-likeness (QED) is 0.768. The van der Waals surface area contributed by atoms with Gasteiger partial charge in [-0.15, -0.1) is 0 Å². The molecule has 3 N–H and O–H groups in total. The summed E-state index contributed by atoms with van der Waals surface area (Å²) in [6, 6.07) is 3.42. The van der Waals surface area contributed by atoms with Gasteiger partial charge in [0.05, 0.1) is 11.1 Å². The van der Waals surface area contributed by atoms with E-state index in [4.69, 9.17) is 5.11 Å². The van der Waals surface area contributed by atoms with E-state index in [1.54, 1.807) is 39.8 Å². The summed E-state index contributed by atoms with van der Waals surface area (Å²) in [4.78, 5) is 23.7. The lowest BCUT2D eigenvalue weighted by atomic mass is 9.94. The van der Waals surface area contributed by atoms with Crippen molar-refractivity contribution in [2.45, 2.75) is 39.7 Å². The minimum atomic E-state index is -1.11. The third kappa shape index (κ3) is 3.57. The van der Waals surface area contributed by atoms with Crippen LogP contribution in [0.4, 0.5) is 0 Å². The summed E-state index contributed by atoms with van der Waals surface area (Å²) in [6.45, 7) is 6.89. The van der Waals surface area contributed by atoms with Gasteiger partial charge in [0.1, 0.15) is 0 Å². The van der Waals surface area contributed by atoms with E-state index in [1.807, 2.05) is 0 Å². The van der Waals surface area contributed by atoms with Gasteiger partial charge in [0, 0.05) is 12.1 Å². The second-order valence-corrected chi connectivity index (χ2v) is 5.57. The van der Waals surface area contributed by atoms with Crippen LogP contribution in [-0.4, -0.2) is 34.2 Å². The summed E-state index contributed by atoms with van der Waals surface area (Å²) in [7, 11) is 0. The predicted molar refractivity (Wildman–Crippen MR) is 76.1 cm³/mol. The van der Waals surface area contributed by atoms with Gasteiger partial charge in [-0.05, 0) is 45.2 Å². The third-order valence-electron chi connectivity index (χ3n) is 3.25. The molecule has 0 spiro atoms. The average molecular weight is 279 g/mol. The summed E-state index contributed by atoms with van der Waals surface area (Å²) in [6.07, 6.45) is 0.395. The van der Waals surface area contributed by atoms with E-state index in [-0.39, 0.29) is 17.7 Å². The number of hydrogen-bond donors (Lipinski definition) is 3. The Morgan fingerprint density at radius 1 is 1.15 bits per heavy atom. The van der Waals surface area contributed by atoms with Gasteiger partial charge in [0.2, 0.25) is 0 Å². The zero-order valence-corrected chi connectivity index (χ0v) is 12.3. The van der Waals surface area contributed by atoms with Crippen LogP contribution in [0.1, 0.15) is 52.1 Å². The van der Waals surface area contributed by atoms with Gasteiger partial charge in [0.15, 0.2) is 0 Å². The van der Waals surface area contributed by atoms with E-state index in [0.29, 0.717) is 17.5 Å². The lowest BCUT2D eigenvalue weighted by molar-refractivity contribution is 0.0687. The molecule has 1 aromatic carbocycles. The highest BCUT2D eigenvalue weighted by Gasteiger charge is 2.26. The van der Waals surface area contributed by atoms with Gasteiger partial charge >= 0.3 is 5.97 Å². The van der Waals surface area contributed by atoms with Crippen molar-refractivity contribution in [3.8, 4) is 0 Å². The molecule has 1 rings (SSSR count). The van der Waals surface area contributed by atoms with Gasteiger partial charge in [0.25, 0.3) is 5.91 Å². The van der Waals surface area contributed by atoms with Gasteiger partial charge < -0.3 is 15.5 Å². The Morgan fingerprint density at radius 2 is 1.65 bits per heavy atom. The number of aromatic carboxylic acids is 1. The summed E-state index contributed by atoms with van der Waals surface area (Å²) < 4.78 is 0. The molecule has 0 unspecified atom stereocenters. The number of carboxylic acid groups (broad SMARTS) is 1. The summed E-state index contributed by atoms with van der Waals surface area (Å²) in [5, 5.41) is 21.1. The Kier molecular flexibility index (Phi) is 4.89. The number of benzene rings is 1. The predicted octanol–water partition coefficient (Wildman–Crippen LogP) is 1.89. The Hall–Kier alpha value is -1.88. The van der Waals surface area contributed by atoms with Gasteiger partial charge in [-0.25, -0.2) is 4.79 Å². The van der Waals surface area contributed by atoms with Gasteiger partial charge in [-0.1, -0.05) is 12.1 Å². The summed E-state index contributed by atoms with van der Waals surface area (Å²) in [5.74, 6) is -1.54. The number of nitrogens with one attached hydrogen (secondary N) is 1. The van der Waals surface area contributed by atoms with Crippen molar-refractivity contribution < 1.29 is 19.8 Å². The largest absolute Gasteiger partial charge is 0.478 e. The Bertz CT molecular complexity index is 535. The number of carbonyl (C=O) groups excluding carboxylic acids is 1. The van der Waals surface area contributed by atoms with Crippen molar-refractivity contribution in [3.05, 3.63) is 34.4 Å². The standard InChI is InChI=1S/C15H21NO4/c1-9-5-6-10(2)12(14(19)20)11(9)13(18)16-15(3,4)7-8-17/h5-6,17H,7-8H2,1-4H3,(H,16,18)(H,19,20). The first-order valence-corrected chi connectivity index (χ1v) is 6.46. The van der Waals surface area contributed by atoms with Crippen molar-refractivity contribution in [2.24, 2.45) is 0 Å². The van der Waals surface area contributed by atoms with E-state index in [1.165, 1.54) is 0 Å². The molecule has 1 aromatic rings. The van der Waals surface area contributed by atoms with Crippen LogP contribution in [0, 0.1) is 13.8 Å². The van der Waals surface area contributed by atoms with Crippen LogP contribution in [0.15, 0.2) is 12.1 Å². The highest BCUT2D eigenvalue weighted by atomic mass is 16.4. The maximum Gasteiger partial charge on any atom is 0.336 e. The molecular weight excluding hydrogens is 258 g/mol. The van der Waals surface area contributed by atoms with Crippen LogP contribution in [-0.2, 0) is 0 Å². The van der Waals surface area contributed by atoms with E-state index in [9.17, 15) is 14.7 Å². The molecule has 5 heteroatoms. The minimum Gasteiger partial charge on any atom is -0.478 e. The molecule has 5 nitrogen and oxygen atoms in total. The second kappa shape index (κ2) is 6.05. The molecule has 0 saturated carbocycles. The Labute approximate surface area is 118 Å². The fourth-order valence-electron chi connectivity index (χ4n) is 2.09. The normalized spacial score (nSPS) is 11.2. The number of carboxylic acids is 1. The van der Waals surface area contributed by atoms with Crippen LogP contribution in [0.25, 0.3) is 0 Å². The van der Waals surface area contributed by atoms with E-state index in [0.717, 1.165) is 0 Å². The molecule has 0 bridgehead atoms. The molecule has 0 atom stereocenters. The fraction of sp³-hybridized carbons (Fsp3) is 0.467. The first-order valence-electron chi connectivity index (χ1n) is 6.46. The van der Waals surface area contributed by atoms with Crippen LogP contribution in [0.2, 0.25) is 0 Å². The molecule has 0 aliphatic carbocycles. The molecule has 1 amide bonds. The van der Waals surface area contributed by atoms with Crippen molar-refractivity contribution in [1.82, 2.24) is 5.32 Å². The molecule has 0 saturated heterocycles. The van der Waals surface area contributed by atoms with E-state index < -0.39 is 17.4 Å². The smallest absolute Gasteiger partial charge is 0.336 e. The number of aliphatic hydroxyl groups excluding tert-OH is 1. The number of hydrogen-bond acceptors (Lipinski definition) is 3. The molecule has 0 aliphatic heterocycles. The molecule has 0 heterocycles. The lowest BCUT2D eigenvalue weighted by Crippen LogP contribution is -2.44. The summed E-state index contributed by atoms with van der Waals surface area (Å²) in [5.41, 5.74) is 0.780.